The van der Waals surface area contributed by atoms with E-state index in [1.807, 2.05) is 13.1 Å². The number of hydrogen-bond donors (Lipinski definition) is 1. The molecule has 0 radical (unpaired) electrons. The Bertz CT molecular complexity index is 849. The molecule has 0 aromatic carbocycles. The first-order chi connectivity index (χ1) is 11.7. The van der Waals surface area contributed by atoms with Crippen LogP contribution in [-0.4, -0.2) is 48.8 Å². The van der Waals surface area contributed by atoms with Crippen LogP contribution in [0.3, 0.4) is 0 Å². The summed E-state index contributed by atoms with van der Waals surface area (Å²) in [7, 11) is 1.87. The Morgan fingerprint density at radius 3 is 2.88 bits per heavy atom. The molecule has 3 aromatic rings. The van der Waals surface area contributed by atoms with Crippen molar-refractivity contribution in [2.45, 2.75) is 18.9 Å². The molecule has 1 fully saturated rings. The molecular formula is C15H17BrN8. The highest BCUT2D eigenvalue weighted by Gasteiger charge is 2.23. The number of hydrogen-bond acceptors (Lipinski definition) is 7. The van der Waals surface area contributed by atoms with E-state index in [0.29, 0.717) is 0 Å². The van der Waals surface area contributed by atoms with Crippen LogP contribution >= 0.6 is 15.9 Å². The molecule has 1 saturated heterocycles. The average molecular weight is 389 g/mol. The summed E-state index contributed by atoms with van der Waals surface area (Å²) in [4.78, 5) is 19.6. The number of halogens is 1. The molecule has 9 heteroatoms. The molecule has 1 N–H and O–H groups in total. The van der Waals surface area contributed by atoms with Gasteiger partial charge in [0.2, 0.25) is 5.95 Å². The Kier molecular flexibility index (Phi) is 4.01. The molecule has 1 aliphatic rings. The smallest absolute Gasteiger partial charge is 0.225 e. The number of aryl methyl sites for hydroxylation is 1. The fraction of sp³-hybridized carbons (Fsp3) is 0.400. The van der Waals surface area contributed by atoms with Crippen LogP contribution in [0.1, 0.15) is 12.8 Å². The van der Waals surface area contributed by atoms with E-state index < -0.39 is 0 Å². The zero-order chi connectivity index (χ0) is 16.5. The highest BCUT2D eigenvalue weighted by molar-refractivity contribution is 9.10. The number of fused-ring (bicyclic) bond motifs is 1. The Hall–Kier alpha value is -2.29. The molecule has 3 aromatic heterocycles. The van der Waals surface area contributed by atoms with Gasteiger partial charge in [0, 0.05) is 38.6 Å². The first kappa shape index (κ1) is 15.3. The van der Waals surface area contributed by atoms with Crippen molar-refractivity contribution in [3.63, 3.8) is 0 Å². The summed E-state index contributed by atoms with van der Waals surface area (Å²) in [5.41, 5.74) is 0.804. The third-order valence-corrected chi connectivity index (χ3v) is 4.73. The fourth-order valence-electron chi connectivity index (χ4n) is 3.07. The van der Waals surface area contributed by atoms with Crippen molar-refractivity contribution in [2.24, 2.45) is 7.05 Å². The van der Waals surface area contributed by atoms with Crippen molar-refractivity contribution < 1.29 is 0 Å². The van der Waals surface area contributed by atoms with Crippen LogP contribution in [0.2, 0.25) is 0 Å². The number of nitrogens with zero attached hydrogens (tertiary/aromatic N) is 7. The van der Waals surface area contributed by atoms with Crippen LogP contribution < -0.4 is 10.2 Å². The molecule has 124 valence electrons. The first-order valence-corrected chi connectivity index (χ1v) is 8.63. The van der Waals surface area contributed by atoms with E-state index in [9.17, 15) is 0 Å². The zero-order valence-electron chi connectivity index (χ0n) is 13.2. The van der Waals surface area contributed by atoms with Crippen LogP contribution in [0.15, 0.2) is 29.4 Å². The van der Waals surface area contributed by atoms with Crippen LogP contribution in [0.5, 0.6) is 0 Å². The second-order valence-electron chi connectivity index (χ2n) is 5.81. The predicted octanol–water partition coefficient (Wildman–Crippen LogP) is 2.00. The molecular weight excluding hydrogens is 372 g/mol. The van der Waals surface area contributed by atoms with Gasteiger partial charge in [0.1, 0.15) is 16.7 Å². The van der Waals surface area contributed by atoms with Crippen molar-refractivity contribution in [2.75, 3.05) is 23.3 Å². The lowest BCUT2D eigenvalue weighted by Crippen LogP contribution is -2.43. The minimum Gasteiger partial charge on any atom is -0.365 e. The maximum Gasteiger partial charge on any atom is 0.225 e. The summed E-state index contributed by atoms with van der Waals surface area (Å²) < 4.78 is 2.50. The van der Waals surface area contributed by atoms with E-state index in [1.54, 1.807) is 23.4 Å². The topological polar surface area (TPSA) is 84.7 Å². The molecule has 1 aliphatic heterocycles. The third kappa shape index (κ3) is 2.79. The van der Waals surface area contributed by atoms with E-state index in [4.69, 9.17) is 0 Å². The summed E-state index contributed by atoms with van der Waals surface area (Å²) in [5, 5.41) is 8.82. The third-order valence-electron chi connectivity index (χ3n) is 4.18. The normalized spacial score (nSPS) is 18.1. The van der Waals surface area contributed by atoms with E-state index >= 15 is 0 Å². The molecule has 1 atom stereocenters. The van der Waals surface area contributed by atoms with Gasteiger partial charge in [-0.05, 0) is 34.8 Å². The van der Waals surface area contributed by atoms with Crippen molar-refractivity contribution in [1.29, 1.82) is 0 Å². The van der Waals surface area contributed by atoms with Gasteiger partial charge in [-0.3, -0.25) is 0 Å². The molecule has 0 amide bonds. The molecule has 0 aliphatic carbocycles. The van der Waals surface area contributed by atoms with Gasteiger partial charge in [-0.2, -0.15) is 5.10 Å². The minimum absolute atomic E-state index is 0.271. The average Bonchev–Trinajstić information content (AvgIpc) is 2.91. The summed E-state index contributed by atoms with van der Waals surface area (Å²) >= 11 is 3.50. The van der Waals surface area contributed by atoms with Crippen LogP contribution in [0.25, 0.3) is 11.0 Å². The van der Waals surface area contributed by atoms with Crippen LogP contribution in [0.4, 0.5) is 11.8 Å². The lowest BCUT2D eigenvalue weighted by atomic mass is 10.1. The number of rotatable bonds is 3. The standard InChI is InChI=1S/C15H17BrN8/c1-23-14-11(12(16)22-23)13(19-9-20-14)21-10-4-2-7-24(8-10)15-17-5-3-6-18-15/h3,5-6,9-10H,2,4,7-8H2,1H3,(H,19,20,21). The van der Waals surface area contributed by atoms with E-state index in [-0.39, 0.29) is 6.04 Å². The highest BCUT2D eigenvalue weighted by atomic mass is 79.9. The molecule has 8 nitrogen and oxygen atoms in total. The van der Waals surface area contributed by atoms with Gasteiger partial charge < -0.3 is 10.2 Å². The van der Waals surface area contributed by atoms with Gasteiger partial charge in [0.25, 0.3) is 0 Å². The fourth-order valence-corrected chi connectivity index (χ4v) is 3.68. The second kappa shape index (κ2) is 6.31. The molecule has 1 unspecified atom stereocenters. The van der Waals surface area contributed by atoms with E-state index in [2.05, 4.69) is 51.2 Å². The maximum atomic E-state index is 4.42. The minimum atomic E-state index is 0.271. The first-order valence-electron chi connectivity index (χ1n) is 7.84. The number of piperidine rings is 1. The highest BCUT2D eigenvalue weighted by Crippen LogP contribution is 2.28. The Morgan fingerprint density at radius 1 is 1.21 bits per heavy atom. The van der Waals surface area contributed by atoms with E-state index in [1.165, 1.54) is 0 Å². The van der Waals surface area contributed by atoms with E-state index in [0.717, 1.165) is 53.3 Å². The van der Waals surface area contributed by atoms with Gasteiger partial charge in [-0.15, -0.1) is 0 Å². The molecule has 0 bridgehead atoms. The molecule has 4 rings (SSSR count). The van der Waals surface area contributed by atoms with Gasteiger partial charge in [0.05, 0.1) is 5.39 Å². The molecule has 4 heterocycles. The zero-order valence-corrected chi connectivity index (χ0v) is 14.8. The van der Waals surface area contributed by atoms with Crippen molar-refractivity contribution >= 4 is 38.7 Å². The molecule has 0 spiro atoms. The Morgan fingerprint density at radius 2 is 2.04 bits per heavy atom. The Labute approximate surface area is 147 Å². The monoisotopic (exact) mass is 388 g/mol. The van der Waals surface area contributed by atoms with Gasteiger partial charge in [-0.25, -0.2) is 24.6 Å². The summed E-state index contributed by atoms with van der Waals surface area (Å²) in [6.45, 7) is 1.81. The lowest BCUT2D eigenvalue weighted by molar-refractivity contribution is 0.522. The summed E-state index contributed by atoms with van der Waals surface area (Å²) in [5.74, 6) is 1.58. The number of nitrogens with one attached hydrogen (secondary N) is 1. The quantitative estimate of drug-likeness (QED) is 0.734. The van der Waals surface area contributed by atoms with Gasteiger partial charge >= 0.3 is 0 Å². The Balaban J connectivity index is 1.57. The second-order valence-corrected chi connectivity index (χ2v) is 6.56. The number of aromatic nitrogens is 6. The number of anilines is 2. The van der Waals surface area contributed by atoms with Gasteiger partial charge in [0.15, 0.2) is 5.65 Å². The summed E-state index contributed by atoms with van der Waals surface area (Å²) in [6, 6.07) is 2.11. The van der Waals surface area contributed by atoms with Crippen molar-refractivity contribution in [1.82, 2.24) is 29.7 Å². The molecule has 0 saturated carbocycles. The maximum absolute atomic E-state index is 4.42. The largest absolute Gasteiger partial charge is 0.365 e. The predicted molar refractivity (Wildman–Crippen MR) is 94.9 cm³/mol. The lowest BCUT2D eigenvalue weighted by Gasteiger charge is -2.33. The van der Waals surface area contributed by atoms with Gasteiger partial charge in [-0.1, -0.05) is 0 Å². The van der Waals surface area contributed by atoms with Crippen LogP contribution in [0, 0.1) is 0 Å². The SMILES string of the molecule is Cn1nc(Br)c2c(NC3CCCN(c4ncccn4)C3)ncnc21. The van der Waals surface area contributed by atoms with Crippen molar-refractivity contribution in [3.05, 3.63) is 29.4 Å². The van der Waals surface area contributed by atoms with Crippen LogP contribution in [-0.2, 0) is 7.05 Å². The summed E-state index contributed by atoms with van der Waals surface area (Å²) in [6.07, 6.45) is 7.28. The molecule has 24 heavy (non-hydrogen) atoms. The van der Waals surface area contributed by atoms with Crippen molar-refractivity contribution in [3.8, 4) is 0 Å².